The summed E-state index contributed by atoms with van der Waals surface area (Å²) < 4.78 is 11.1. The van der Waals surface area contributed by atoms with Gasteiger partial charge >= 0.3 is 0 Å². The number of anilines is 1. The number of carbonyl (C=O) groups is 2. The molecule has 2 amide bonds. The summed E-state index contributed by atoms with van der Waals surface area (Å²) in [6, 6.07) is 13.3. The van der Waals surface area contributed by atoms with Crippen LogP contribution in [0.3, 0.4) is 0 Å². The molecule has 6 heteroatoms. The number of nitrogens with zero attached hydrogens (tertiary/aromatic N) is 1. The van der Waals surface area contributed by atoms with E-state index < -0.39 is 0 Å². The first-order valence-corrected chi connectivity index (χ1v) is 9.23. The highest BCUT2D eigenvalue weighted by atomic mass is 16.6. The third kappa shape index (κ3) is 4.05. The fourth-order valence-electron chi connectivity index (χ4n) is 3.36. The van der Waals surface area contributed by atoms with Gasteiger partial charge in [-0.15, -0.1) is 0 Å². The average molecular weight is 366 g/mol. The maximum absolute atomic E-state index is 12.2. The van der Waals surface area contributed by atoms with Crippen LogP contribution in [0.4, 0.5) is 5.69 Å². The Balaban J connectivity index is 1.31. The Labute approximate surface area is 158 Å². The number of hydrogen-bond donors (Lipinski definition) is 1. The Bertz CT molecular complexity index is 848. The second-order valence-corrected chi connectivity index (χ2v) is 6.75. The fourth-order valence-corrected chi connectivity index (χ4v) is 3.36. The first kappa shape index (κ1) is 17.4. The van der Waals surface area contributed by atoms with Crippen molar-refractivity contribution in [1.29, 1.82) is 0 Å². The zero-order valence-corrected chi connectivity index (χ0v) is 15.1. The highest BCUT2D eigenvalue weighted by Gasteiger charge is 2.21. The number of rotatable bonds is 5. The van der Waals surface area contributed by atoms with Gasteiger partial charge in [0.25, 0.3) is 0 Å². The lowest BCUT2D eigenvalue weighted by Gasteiger charge is -2.19. The van der Waals surface area contributed by atoms with E-state index in [0.717, 1.165) is 41.3 Å². The molecule has 2 aliphatic rings. The van der Waals surface area contributed by atoms with Crippen LogP contribution in [-0.4, -0.2) is 31.6 Å². The third-order valence-electron chi connectivity index (χ3n) is 4.78. The van der Waals surface area contributed by atoms with Crippen LogP contribution < -0.4 is 19.7 Å². The number of nitrogens with one attached hydrogen (secondary N) is 1. The molecule has 0 bridgehead atoms. The molecule has 27 heavy (non-hydrogen) atoms. The summed E-state index contributed by atoms with van der Waals surface area (Å²) in [5.74, 6) is 1.59. The number of carbonyl (C=O) groups excluding carboxylic acids is 2. The van der Waals surface area contributed by atoms with Crippen molar-refractivity contribution in [2.75, 3.05) is 24.7 Å². The average Bonchev–Trinajstić information content (AvgIpc) is 3.13. The van der Waals surface area contributed by atoms with Gasteiger partial charge in [0.05, 0.1) is 6.42 Å². The van der Waals surface area contributed by atoms with Gasteiger partial charge in [-0.3, -0.25) is 9.59 Å². The minimum Gasteiger partial charge on any atom is -0.486 e. The zero-order chi connectivity index (χ0) is 18.6. The molecular formula is C21H22N2O4. The quantitative estimate of drug-likeness (QED) is 0.883. The van der Waals surface area contributed by atoms with Gasteiger partial charge in [-0.1, -0.05) is 18.2 Å². The van der Waals surface area contributed by atoms with Crippen LogP contribution in [0, 0.1) is 0 Å². The molecule has 2 aromatic carbocycles. The topological polar surface area (TPSA) is 67.9 Å². The second-order valence-electron chi connectivity index (χ2n) is 6.75. The normalized spacial score (nSPS) is 15.7. The molecule has 6 nitrogen and oxygen atoms in total. The first-order chi connectivity index (χ1) is 13.2. The Morgan fingerprint density at radius 3 is 2.48 bits per heavy atom. The Morgan fingerprint density at radius 2 is 1.74 bits per heavy atom. The van der Waals surface area contributed by atoms with Crippen LogP contribution >= 0.6 is 0 Å². The highest BCUT2D eigenvalue weighted by molar-refractivity contribution is 5.95. The van der Waals surface area contributed by atoms with E-state index in [0.29, 0.717) is 32.6 Å². The lowest BCUT2D eigenvalue weighted by molar-refractivity contribution is -0.120. The standard InChI is InChI=1S/C21H22N2O4/c24-20(22-14-16-5-8-18-19(12-16)27-11-10-26-18)13-15-3-6-17(7-4-15)23-9-1-2-21(23)25/h3-8,12H,1-2,9-11,13-14H2,(H,22,24). The number of hydrogen-bond acceptors (Lipinski definition) is 4. The Morgan fingerprint density at radius 1 is 1.00 bits per heavy atom. The molecule has 140 valence electrons. The van der Waals surface area contributed by atoms with Crippen LogP contribution in [0.15, 0.2) is 42.5 Å². The van der Waals surface area contributed by atoms with Gasteiger partial charge < -0.3 is 19.7 Å². The monoisotopic (exact) mass is 366 g/mol. The molecule has 2 aromatic rings. The van der Waals surface area contributed by atoms with Gasteiger partial charge in [0, 0.05) is 25.2 Å². The van der Waals surface area contributed by atoms with E-state index >= 15 is 0 Å². The van der Waals surface area contributed by atoms with Crippen molar-refractivity contribution in [3.63, 3.8) is 0 Å². The van der Waals surface area contributed by atoms with Crippen LogP contribution in [0.5, 0.6) is 11.5 Å². The zero-order valence-electron chi connectivity index (χ0n) is 15.1. The molecular weight excluding hydrogens is 344 g/mol. The summed E-state index contributed by atoms with van der Waals surface area (Å²) in [7, 11) is 0. The fraction of sp³-hybridized carbons (Fsp3) is 0.333. The maximum atomic E-state index is 12.2. The number of amides is 2. The summed E-state index contributed by atoms with van der Waals surface area (Å²) in [5.41, 5.74) is 2.79. The van der Waals surface area contributed by atoms with E-state index in [2.05, 4.69) is 5.32 Å². The summed E-state index contributed by atoms with van der Waals surface area (Å²) in [6.07, 6.45) is 1.83. The van der Waals surface area contributed by atoms with Crippen molar-refractivity contribution < 1.29 is 19.1 Å². The number of ether oxygens (including phenoxy) is 2. The summed E-state index contributed by atoms with van der Waals surface area (Å²) in [4.78, 5) is 25.8. The first-order valence-electron chi connectivity index (χ1n) is 9.23. The number of fused-ring (bicyclic) bond motifs is 1. The van der Waals surface area contributed by atoms with Crippen molar-refractivity contribution in [3.8, 4) is 11.5 Å². The Hall–Kier alpha value is -3.02. The lowest BCUT2D eigenvalue weighted by Crippen LogP contribution is -2.25. The van der Waals surface area contributed by atoms with Gasteiger partial charge in [-0.25, -0.2) is 0 Å². The summed E-state index contributed by atoms with van der Waals surface area (Å²) in [5, 5.41) is 2.93. The van der Waals surface area contributed by atoms with E-state index in [1.54, 1.807) is 4.90 Å². The minimum absolute atomic E-state index is 0.0464. The van der Waals surface area contributed by atoms with Gasteiger partial charge in [-0.2, -0.15) is 0 Å². The molecule has 4 rings (SSSR count). The highest BCUT2D eigenvalue weighted by Crippen LogP contribution is 2.30. The van der Waals surface area contributed by atoms with Crippen molar-refractivity contribution in [3.05, 3.63) is 53.6 Å². The predicted molar refractivity (Wildman–Crippen MR) is 101 cm³/mol. The predicted octanol–water partition coefficient (Wildman–Crippen LogP) is 2.44. The van der Waals surface area contributed by atoms with E-state index in [1.807, 2.05) is 42.5 Å². The van der Waals surface area contributed by atoms with Gasteiger partial charge in [-0.05, 0) is 41.8 Å². The van der Waals surface area contributed by atoms with Crippen LogP contribution in [0.1, 0.15) is 24.0 Å². The molecule has 2 aliphatic heterocycles. The maximum Gasteiger partial charge on any atom is 0.227 e. The molecule has 0 saturated carbocycles. The molecule has 0 spiro atoms. The third-order valence-corrected chi connectivity index (χ3v) is 4.78. The SMILES string of the molecule is O=C(Cc1ccc(N2CCCC2=O)cc1)NCc1ccc2c(c1)OCCO2. The van der Waals surface area contributed by atoms with E-state index in [4.69, 9.17) is 9.47 Å². The summed E-state index contributed by atoms with van der Waals surface area (Å²) in [6.45, 7) is 2.32. The number of benzene rings is 2. The molecule has 0 atom stereocenters. The van der Waals surface area contributed by atoms with Crippen LogP contribution in [0.2, 0.25) is 0 Å². The van der Waals surface area contributed by atoms with Crippen molar-refractivity contribution in [2.45, 2.75) is 25.8 Å². The molecule has 1 N–H and O–H groups in total. The Kier molecular flexibility index (Phi) is 4.96. The van der Waals surface area contributed by atoms with Crippen LogP contribution in [-0.2, 0) is 22.6 Å². The van der Waals surface area contributed by atoms with Crippen molar-refractivity contribution in [1.82, 2.24) is 5.32 Å². The largest absolute Gasteiger partial charge is 0.486 e. The van der Waals surface area contributed by atoms with Gasteiger partial charge in [0.15, 0.2) is 11.5 Å². The lowest BCUT2D eigenvalue weighted by atomic mass is 10.1. The molecule has 1 fully saturated rings. The van der Waals surface area contributed by atoms with E-state index in [9.17, 15) is 9.59 Å². The van der Waals surface area contributed by atoms with Crippen molar-refractivity contribution in [2.24, 2.45) is 0 Å². The molecule has 1 saturated heterocycles. The van der Waals surface area contributed by atoms with Gasteiger partial charge in [0.2, 0.25) is 11.8 Å². The van der Waals surface area contributed by atoms with E-state index in [1.165, 1.54) is 0 Å². The molecule has 0 aliphatic carbocycles. The molecule has 0 unspecified atom stereocenters. The summed E-state index contributed by atoms with van der Waals surface area (Å²) >= 11 is 0. The molecule has 0 aromatic heterocycles. The molecule has 0 radical (unpaired) electrons. The van der Waals surface area contributed by atoms with Crippen LogP contribution in [0.25, 0.3) is 0 Å². The second kappa shape index (κ2) is 7.70. The molecule has 2 heterocycles. The van der Waals surface area contributed by atoms with Crippen molar-refractivity contribution >= 4 is 17.5 Å². The van der Waals surface area contributed by atoms with E-state index in [-0.39, 0.29) is 11.8 Å². The minimum atomic E-state index is -0.0464. The van der Waals surface area contributed by atoms with Gasteiger partial charge in [0.1, 0.15) is 13.2 Å². The smallest absolute Gasteiger partial charge is 0.227 e.